The highest BCUT2D eigenvalue weighted by molar-refractivity contribution is 6.30. The van der Waals surface area contributed by atoms with Gasteiger partial charge in [-0.3, -0.25) is 0 Å². The van der Waals surface area contributed by atoms with Gasteiger partial charge in [0.15, 0.2) is 5.89 Å². The molecule has 2 aromatic rings. The Kier molecular flexibility index (Phi) is 3.07. The zero-order valence-corrected chi connectivity index (χ0v) is 9.29. The van der Waals surface area contributed by atoms with Gasteiger partial charge >= 0.3 is 0 Å². The highest BCUT2D eigenvalue weighted by Crippen LogP contribution is 2.12. The first-order valence-corrected chi connectivity index (χ1v) is 5.27. The summed E-state index contributed by atoms with van der Waals surface area (Å²) < 4.78 is 5.27. The molecule has 0 bridgehead atoms. The van der Waals surface area contributed by atoms with Gasteiger partial charge in [0.05, 0.1) is 5.69 Å². The van der Waals surface area contributed by atoms with Crippen molar-refractivity contribution in [2.45, 2.75) is 19.8 Å². The second kappa shape index (κ2) is 4.49. The molecule has 0 fully saturated rings. The van der Waals surface area contributed by atoms with Gasteiger partial charge in [0.1, 0.15) is 6.26 Å². The van der Waals surface area contributed by atoms with Crippen LogP contribution in [-0.2, 0) is 12.8 Å². The minimum atomic E-state index is 0.769. The van der Waals surface area contributed by atoms with E-state index in [4.69, 9.17) is 16.0 Å². The summed E-state index contributed by atoms with van der Waals surface area (Å²) >= 11 is 5.80. The Hall–Kier alpha value is -1.28. The molecule has 2 nitrogen and oxygen atoms in total. The van der Waals surface area contributed by atoms with Crippen molar-refractivity contribution in [3.8, 4) is 0 Å². The van der Waals surface area contributed by atoms with E-state index in [2.05, 4.69) is 4.98 Å². The van der Waals surface area contributed by atoms with Crippen LogP contribution >= 0.6 is 11.6 Å². The molecule has 1 aromatic carbocycles. The van der Waals surface area contributed by atoms with Crippen LogP contribution in [0.3, 0.4) is 0 Å². The van der Waals surface area contributed by atoms with Crippen LogP contribution in [0.15, 0.2) is 34.9 Å². The van der Waals surface area contributed by atoms with Gasteiger partial charge in [-0.2, -0.15) is 0 Å². The lowest BCUT2D eigenvalue weighted by Crippen LogP contribution is -1.91. The number of hydrogen-bond donors (Lipinski definition) is 0. The third-order valence-electron chi connectivity index (χ3n) is 2.21. The maximum Gasteiger partial charge on any atom is 0.194 e. The highest BCUT2D eigenvalue weighted by atomic mass is 35.5. The summed E-state index contributed by atoms with van der Waals surface area (Å²) in [6.07, 6.45) is 3.43. The van der Waals surface area contributed by atoms with Gasteiger partial charge in [0, 0.05) is 11.4 Å². The Morgan fingerprint density at radius 2 is 1.93 bits per heavy atom. The number of aryl methyl sites for hydroxylation is 3. The summed E-state index contributed by atoms with van der Waals surface area (Å²) in [5.41, 5.74) is 2.18. The molecule has 78 valence electrons. The SMILES string of the molecule is Cc1coc(CCc2ccc(Cl)cc2)n1. The number of benzene rings is 1. The first kappa shape index (κ1) is 10.2. The molecule has 0 amide bonds. The van der Waals surface area contributed by atoms with Crippen LogP contribution in [0.1, 0.15) is 17.1 Å². The molecule has 1 heterocycles. The average Bonchev–Trinajstić information content (AvgIpc) is 2.64. The zero-order chi connectivity index (χ0) is 10.7. The fourth-order valence-corrected chi connectivity index (χ4v) is 1.55. The number of aromatic nitrogens is 1. The molecule has 0 aliphatic rings. The summed E-state index contributed by atoms with van der Waals surface area (Å²) in [4.78, 5) is 4.25. The summed E-state index contributed by atoms with van der Waals surface area (Å²) in [5.74, 6) is 0.794. The van der Waals surface area contributed by atoms with Crippen molar-refractivity contribution >= 4 is 11.6 Å². The maximum atomic E-state index is 5.80. The third kappa shape index (κ3) is 2.83. The van der Waals surface area contributed by atoms with Crippen molar-refractivity contribution in [2.75, 3.05) is 0 Å². The van der Waals surface area contributed by atoms with E-state index in [1.807, 2.05) is 31.2 Å². The van der Waals surface area contributed by atoms with Crippen LogP contribution in [0.5, 0.6) is 0 Å². The van der Waals surface area contributed by atoms with Crippen LogP contribution in [0.2, 0.25) is 5.02 Å². The predicted octanol–water partition coefficient (Wildman–Crippen LogP) is 3.42. The van der Waals surface area contributed by atoms with Crippen molar-refractivity contribution < 1.29 is 4.42 Å². The average molecular weight is 222 g/mol. The number of hydrogen-bond acceptors (Lipinski definition) is 2. The van der Waals surface area contributed by atoms with Gasteiger partial charge in [0.2, 0.25) is 0 Å². The van der Waals surface area contributed by atoms with Gasteiger partial charge in [-0.25, -0.2) is 4.98 Å². The lowest BCUT2D eigenvalue weighted by molar-refractivity contribution is 0.493. The number of nitrogens with zero attached hydrogens (tertiary/aromatic N) is 1. The molecule has 1 aromatic heterocycles. The lowest BCUT2D eigenvalue weighted by atomic mass is 10.1. The fourth-order valence-electron chi connectivity index (χ4n) is 1.42. The molecule has 0 saturated heterocycles. The minimum absolute atomic E-state index is 0.769. The highest BCUT2D eigenvalue weighted by Gasteiger charge is 2.01. The number of oxazole rings is 1. The van der Waals surface area contributed by atoms with Crippen molar-refractivity contribution in [2.24, 2.45) is 0 Å². The van der Waals surface area contributed by atoms with Crippen molar-refractivity contribution in [1.29, 1.82) is 0 Å². The third-order valence-corrected chi connectivity index (χ3v) is 2.46. The van der Waals surface area contributed by atoms with Crippen molar-refractivity contribution in [3.63, 3.8) is 0 Å². The Morgan fingerprint density at radius 1 is 1.20 bits per heavy atom. The second-order valence-corrected chi connectivity index (χ2v) is 3.95. The molecular formula is C12H12ClNO. The fraction of sp³-hybridized carbons (Fsp3) is 0.250. The molecule has 0 spiro atoms. The van der Waals surface area contributed by atoms with Crippen LogP contribution < -0.4 is 0 Å². The van der Waals surface area contributed by atoms with Gasteiger partial charge in [-0.05, 0) is 31.0 Å². The van der Waals surface area contributed by atoms with Crippen molar-refractivity contribution in [3.05, 3.63) is 52.7 Å². The largest absolute Gasteiger partial charge is 0.449 e. The number of rotatable bonds is 3. The smallest absolute Gasteiger partial charge is 0.194 e. The number of halogens is 1. The Labute approximate surface area is 93.9 Å². The quantitative estimate of drug-likeness (QED) is 0.794. The zero-order valence-electron chi connectivity index (χ0n) is 8.53. The van der Waals surface area contributed by atoms with E-state index in [9.17, 15) is 0 Å². The summed E-state index contributed by atoms with van der Waals surface area (Å²) in [5, 5.41) is 0.769. The van der Waals surface area contributed by atoms with E-state index in [-0.39, 0.29) is 0 Å². The van der Waals surface area contributed by atoms with Crippen LogP contribution in [0, 0.1) is 6.92 Å². The van der Waals surface area contributed by atoms with Gasteiger partial charge < -0.3 is 4.42 Å². The molecule has 0 radical (unpaired) electrons. The summed E-state index contributed by atoms with van der Waals surface area (Å²) in [6.45, 7) is 1.93. The van der Waals surface area contributed by atoms with E-state index >= 15 is 0 Å². The van der Waals surface area contributed by atoms with Gasteiger partial charge in [-0.15, -0.1) is 0 Å². The molecule has 3 heteroatoms. The molecule has 15 heavy (non-hydrogen) atoms. The molecule has 2 rings (SSSR count). The van der Waals surface area contributed by atoms with Crippen molar-refractivity contribution in [1.82, 2.24) is 4.98 Å². The monoisotopic (exact) mass is 221 g/mol. The Morgan fingerprint density at radius 3 is 2.53 bits per heavy atom. The van der Waals surface area contributed by atoms with E-state index in [1.165, 1.54) is 5.56 Å². The van der Waals surface area contributed by atoms with Crippen LogP contribution in [-0.4, -0.2) is 4.98 Å². The second-order valence-electron chi connectivity index (χ2n) is 3.51. The molecule has 0 saturated carbocycles. The molecule has 0 unspecified atom stereocenters. The molecule has 0 aliphatic carbocycles. The molecule has 0 N–H and O–H groups in total. The predicted molar refractivity (Wildman–Crippen MR) is 60.1 cm³/mol. The van der Waals surface area contributed by atoms with Crippen LogP contribution in [0.25, 0.3) is 0 Å². The van der Waals surface area contributed by atoms with E-state index < -0.39 is 0 Å². The van der Waals surface area contributed by atoms with E-state index in [0.717, 1.165) is 29.4 Å². The van der Waals surface area contributed by atoms with E-state index in [0.29, 0.717) is 0 Å². The Bertz CT molecular complexity index is 433. The topological polar surface area (TPSA) is 26.0 Å². The molecular weight excluding hydrogens is 210 g/mol. The molecule has 0 atom stereocenters. The first-order chi connectivity index (χ1) is 7.24. The van der Waals surface area contributed by atoms with Gasteiger partial charge in [0.25, 0.3) is 0 Å². The maximum absolute atomic E-state index is 5.80. The van der Waals surface area contributed by atoms with Gasteiger partial charge in [-0.1, -0.05) is 23.7 Å². The summed E-state index contributed by atoms with van der Waals surface area (Å²) in [7, 11) is 0. The standard InChI is InChI=1S/C12H12ClNO/c1-9-8-15-12(14-9)7-4-10-2-5-11(13)6-3-10/h2-3,5-6,8H,4,7H2,1H3. The minimum Gasteiger partial charge on any atom is -0.449 e. The normalized spacial score (nSPS) is 10.5. The summed E-state index contributed by atoms with van der Waals surface area (Å²) in [6, 6.07) is 7.85. The van der Waals surface area contributed by atoms with E-state index in [1.54, 1.807) is 6.26 Å². The lowest BCUT2D eigenvalue weighted by Gasteiger charge is -1.98. The first-order valence-electron chi connectivity index (χ1n) is 4.89. The molecule has 0 aliphatic heterocycles. The Balaban J connectivity index is 1.96. The van der Waals surface area contributed by atoms with Crippen LogP contribution in [0.4, 0.5) is 0 Å².